The highest BCUT2D eigenvalue weighted by molar-refractivity contribution is 5.96. The Balaban J connectivity index is 1.57. The molecule has 1 heterocycles. The van der Waals surface area contributed by atoms with Gasteiger partial charge in [-0.15, -0.1) is 0 Å². The van der Waals surface area contributed by atoms with Crippen LogP contribution in [0.3, 0.4) is 0 Å². The van der Waals surface area contributed by atoms with E-state index in [-0.39, 0.29) is 18.0 Å². The van der Waals surface area contributed by atoms with Gasteiger partial charge in [-0.3, -0.25) is 21.0 Å². The van der Waals surface area contributed by atoms with Gasteiger partial charge in [0.1, 0.15) is 0 Å². The highest BCUT2D eigenvalue weighted by Gasteiger charge is 2.21. The molecule has 0 saturated carbocycles. The molecule has 0 bridgehead atoms. The average Bonchev–Trinajstić information content (AvgIpc) is 2.56. The topological polar surface area (TPSA) is 73.5 Å². The minimum absolute atomic E-state index is 0.196. The van der Waals surface area contributed by atoms with Crippen molar-refractivity contribution in [3.05, 3.63) is 48.0 Å². The van der Waals surface area contributed by atoms with Crippen molar-refractivity contribution < 1.29 is 9.59 Å². The van der Waals surface area contributed by atoms with E-state index in [9.17, 15) is 9.59 Å². The molecule has 6 nitrogen and oxygen atoms in total. The third-order valence-electron chi connectivity index (χ3n) is 3.69. The smallest absolute Gasteiger partial charge is 0.320 e. The Morgan fingerprint density at radius 1 is 1.26 bits per heavy atom. The van der Waals surface area contributed by atoms with Crippen LogP contribution in [-0.2, 0) is 4.79 Å². The van der Waals surface area contributed by atoms with E-state index in [2.05, 4.69) is 35.2 Å². The lowest BCUT2D eigenvalue weighted by atomic mass is 10.1. The highest BCUT2D eigenvalue weighted by atomic mass is 16.2. The molecule has 1 aromatic carbocycles. The summed E-state index contributed by atoms with van der Waals surface area (Å²) in [4.78, 5) is 24.2. The molecule has 23 heavy (non-hydrogen) atoms. The second-order valence-corrected chi connectivity index (χ2v) is 5.51. The number of imide groups is 1. The van der Waals surface area contributed by atoms with Gasteiger partial charge in [0.2, 0.25) is 5.91 Å². The monoisotopic (exact) mass is 316 g/mol. The molecule has 6 heteroatoms. The summed E-state index contributed by atoms with van der Waals surface area (Å²) in [7, 11) is 0. The number of nitrogens with zero attached hydrogens (tertiary/aromatic N) is 1. The molecule has 1 saturated heterocycles. The third-order valence-corrected chi connectivity index (χ3v) is 3.69. The first-order valence-electron chi connectivity index (χ1n) is 7.94. The third kappa shape index (κ3) is 5.84. The lowest BCUT2D eigenvalue weighted by Crippen LogP contribution is -2.49. The zero-order valence-corrected chi connectivity index (χ0v) is 13.4. The molecule has 3 N–H and O–H groups in total. The zero-order chi connectivity index (χ0) is 16.5. The van der Waals surface area contributed by atoms with E-state index in [0.717, 1.165) is 13.0 Å². The number of nitrogens with one attached hydrogen (secondary N) is 3. The van der Waals surface area contributed by atoms with Crippen LogP contribution in [0, 0.1) is 0 Å². The van der Waals surface area contributed by atoms with Crippen LogP contribution in [0.5, 0.6) is 0 Å². The van der Waals surface area contributed by atoms with Crippen LogP contribution in [0.25, 0.3) is 0 Å². The van der Waals surface area contributed by atoms with Gasteiger partial charge in [0.15, 0.2) is 0 Å². The van der Waals surface area contributed by atoms with E-state index >= 15 is 0 Å². The van der Waals surface area contributed by atoms with Gasteiger partial charge in [-0.1, -0.05) is 42.5 Å². The fourth-order valence-electron chi connectivity index (χ4n) is 2.30. The Morgan fingerprint density at radius 2 is 2.04 bits per heavy atom. The molecular formula is C17H24N4O2. The molecule has 1 unspecified atom stereocenters. The maximum absolute atomic E-state index is 11.5. The van der Waals surface area contributed by atoms with Crippen molar-refractivity contribution in [3.8, 4) is 0 Å². The summed E-state index contributed by atoms with van der Waals surface area (Å²) in [5.74, 6) is -0.196. The summed E-state index contributed by atoms with van der Waals surface area (Å²) < 4.78 is 0. The van der Waals surface area contributed by atoms with Gasteiger partial charge < -0.3 is 4.90 Å². The van der Waals surface area contributed by atoms with Crippen LogP contribution < -0.4 is 16.2 Å². The van der Waals surface area contributed by atoms with Gasteiger partial charge in [-0.25, -0.2) is 4.79 Å². The number of hydrazine groups is 1. The predicted octanol–water partition coefficient (Wildman–Crippen LogP) is 1.73. The first-order chi connectivity index (χ1) is 11.2. The van der Waals surface area contributed by atoms with Crippen molar-refractivity contribution in [1.29, 1.82) is 0 Å². The Bertz CT molecular complexity index is 545. The number of carbonyl (C=O) groups excluding carboxylic acids is 2. The Hall–Kier alpha value is -2.18. The largest absolute Gasteiger partial charge is 0.324 e. The SMILES string of the molecule is CC(NNCC/C=C/CN1CCC(=O)NC1=O)c1ccccc1. The maximum Gasteiger partial charge on any atom is 0.324 e. The fourth-order valence-corrected chi connectivity index (χ4v) is 2.30. The van der Waals surface area contributed by atoms with Crippen molar-refractivity contribution in [1.82, 2.24) is 21.1 Å². The van der Waals surface area contributed by atoms with E-state index in [1.807, 2.05) is 30.4 Å². The van der Waals surface area contributed by atoms with Crippen molar-refractivity contribution in [2.45, 2.75) is 25.8 Å². The summed E-state index contributed by atoms with van der Waals surface area (Å²) >= 11 is 0. The van der Waals surface area contributed by atoms with Crippen LogP contribution >= 0.6 is 0 Å². The fraction of sp³-hybridized carbons (Fsp3) is 0.412. The van der Waals surface area contributed by atoms with E-state index in [4.69, 9.17) is 0 Å². The number of benzene rings is 1. The number of urea groups is 1. The molecule has 2 rings (SSSR count). The van der Waals surface area contributed by atoms with E-state index in [1.54, 1.807) is 4.90 Å². The van der Waals surface area contributed by atoms with Crippen LogP contribution in [0.2, 0.25) is 0 Å². The summed E-state index contributed by atoms with van der Waals surface area (Å²) in [6.07, 6.45) is 5.23. The molecular weight excluding hydrogens is 292 g/mol. The zero-order valence-electron chi connectivity index (χ0n) is 13.4. The van der Waals surface area contributed by atoms with Crippen molar-refractivity contribution in [2.75, 3.05) is 19.6 Å². The molecule has 1 aliphatic heterocycles. The summed E-state index contributed by atoms with van der Waals surface area (Å²) in [6.45, 7) is 3.93. The number of hydrogen-bond donors (Lipinski definition) is 3. The molecule has 124 valence electrons. The maximum atomic E-state index is 11.5. The second-order valence-electron chi connectivity index (χ2n) is 5.51. The Morgan fingerprint density at radius 3 is 2.78 bits per heavy atom. The second kappa shape index (κ2) is 9.07. The average molecular weight is 316 g/mol. The van der Waals surface area contributed by atoms with Gasteiger partial charge in [0.05, 0.1) is 0 Å². The summed E-state index contributed by atoms with van der Waals surface area (Å²) in [6, 6.07) is 10.2. The minimum atomic E-state index is -0.303. The first kappa shape index (κ1) is 17.2. The molecule has 3 amide bonds. The molecule has 0 radical (unpaired) electrons. The van der Waals surface area contributed by atoms with E-state index in [1.165, 1.54) is 5.56 Å². The number of carbonyl (C=O) groups is 2. The van der Waals surface area contributed by atoms with Crippen LogP contribution in [0.4, 0.5) is 4.79 Å². The molecule has 1 aliphatic rings. The van der Waals surface area contributed by atoms with Crippen molar-refractivity contribution >= 4 is 11.9 Å². The van der Waals surface area contributed by atoms with E-state index < -0.39 is 0 Å². The molecule has 0 aromatic heterocycles. The Labute approximate surface area is 136 Å². The van der Waals surface area contributed by atoms with Gasteiger partial charge in [0.25, 0.3) is 0 Å². The van der Waals surface area contributed by atoms with Gasteiger partial charge in [-0.2, -0.15) is 0 Å². The predicted molar refractivity (Wildman–Crippen MR) is 89.5 cm³/mol. The van der Waals surface area contributed by atoms with Crippen molar-refractivity contribution in [2.24, 2.45) is 0 Å². The van der Waals surface area contributed by atoms with Crippen LogP contribution in [-0.4, -0.2) is 36.5 Å². The van der Waals surface area contributed by atoms with Gasteiger partial charge >= 0.3 is 6.03 Å². The number of hydrogen-bond acceptors (Lipinski definition) is 4. The molecule has 1 atom stereocenters. The molecule has 0 aliphatic carbocycles. The standard InChI is InChI=1S/C17H24N4O2/c1-14(15-8-4-2-5-9-15)20-18-11-6-3-7-12-21-13-10-16(22)19-17(21)23/h2-5,7-9,14,18,20H,6,10-13H2,1H3,(H,19,22,23)/b7-3+. The number of rotatable bonds is 8. The molecule has 1 fully saturated rings. The highest BCUT2D eigenvalue weighted by Crippen LogP contribution is 2.09. The van der Waals surface area contributed by atoms with Gasteiger partial charge in [-0.05, 0) is 18.9 Å². The minimum Gasteiger partial charge on any atom is -0.320 e. The number of amides is 3. The lowest BCUT2D eigenvalue weighted by Gasteiger charge is -2.25. The van der Waals surface area contributed by atoms with Crippen molar-refractivity contribution in [3.63, 3.8) is 0 Å². The lowest BCUT2D eigenvalue weighted by molar-refractivity contribution is -0.121. The van der Waals surface area contributed by atoms with Gasteiger partial charge in [0, 0.05) is 32.1 Å². The first-order valence-corrected chi connectivity index (χ1v) is 7.94. The van der Waals surface area contributed by atoms with Crippen LogP contribution in [0.1, 0.15) is 31.4 Å². The summed E-state index contributed by atoms with van der Waals surface area (Å²) in [5, 5.41) is 2.31. The quantitative estimate of drug-likeness (QED) is 0.388. The van der Waals surface area contributed by atoms with Crippen LogP contribution in [0.15, 0.2) is 42.5 Å². The molecule has 1 aromatic rings. The summed E-state index contributed by atoms with van der Waals surface area (Å²) in [5.41, 5.74) is 7.69. The normalized spacial score (nSPS) is 16.7. The Kier molecular flexibility index (Phi) is 6.77. The molecule has 0 spiro atoms. The van der Waals surface area contributed by atoms with E-state index in [0.29, 0.717) is 19.5 Å².